The van der Waals surface area contributed by atoms with Crippen LogP contribution >= 0.6 is 0 Å². The number of ether oxygens (including phenoxy) is 2. The van der Waals surface area contributed by atoms with E-state index in [0.717, 1.165) is 12.1 Å². The van der Waals surface area contributed by atoms with Crippen LogP contribution in [0.3, 0.4) is 0 Å². The quantitative estimate of drug-likeness (QED) is 0.284. The van der Waals surface area contributed by atoms with Crippen LogP contribution < -0.4 is 14.8 Å². The van der Waals surface area contributed by atoms with Gasteiger partial charge in [-0.05, 0) is 49.4 Å². The van der Waals surface area contributed by atoms with Crippen molar-refractivity contribution in [2.24, 2.45) is 0 Å². The molecule has 6 rings (SSSR count). The molecule has 1 N–H and O–H groups in total. The van der Waals surface area contributed by atoms with E-state index in [1.54, 1.807) is 37.3 Å². The van der Waals surface area contributed by atoms with Gasteiger partial charge in [-0.2, -0.15) is 0 Å². The number of alkyl halides is 3. The number of pyridine rings is 3. The number of benzene rings is 1. The molecule has 14 heteroatoms. The van der Waals surface area contributed by atoms with Crippen molar-refractivity contribution in [1.82, 2.24) is 20.3 Å². The zero-order chi connectivity index (χ0) is 30.5. The molecule has 4 aromatic rings. The first-order valence-electron chi connectivity index (χ1n) is 13.4. The number of carbonyl (C=O) groups is 1. The molecule has 1 aromatic carbocycles. The zero-order valence-corrected chi connectivity index (χ0v) is 23.4. The molecule has 1 unspecified atom stereocenters. The molecule has 224 valence electrons. The average molecular weight is 617 g/mol. The Morgan fingerprint density at radius 1 is 1.14 bits per heavy atom. The van der Waals surface area contributed by atoms with Crippen molar-refractivity contribution in [3.63, 3.8) is 0 Å². The minimum Gasteiger partial charge on any atom is -0.492 e. The number of aromatic nitrogens is 3. The first-order chi connectivity index (χ1) is 20.5. The molecule has 1 saturated carbocycles. The highest BCUT2D eigenvalue weighted by molar-refractivity contribution is 7.92. The molecule has 1 aliphatic heterocycles. The largest absolute Gasteiger partial charge is 0.492 e. The lowest BCUT2D eigenvalue weighted by Gasteiger charge is -2.12. The molecular weight excluding hydrogens is 592 g/mol. The van der Waals surface area contributed by atoms with Crippen molar-refractivity contribution in [3.8, 4) is 22.9 Å². The van der Waals surface area contributed by atoms with E-state index in [9.17, 15) is 30.8 Å². The third kappa shape index (κ3) is 5.46. The van der Waals surface area contributed by atoms with Gasteiger partial charge in [-0.1, -0.05) is 0 Å². The standard InChI is InChI=1S/C29H24F4N4O5S/c1-2-41-23-6-5-21(37-26(23)18-12-29(18,32)33)20-4-3-15-13-34-17(11-22(15)36-20)14-35-28(38)16-9-19(30)27-24(10-16)43(39,40)25(31)7-8-42-27/h3-6,9-11,13,18,25H,2,7-8,12,14H2,1H3,(H,35,38)/t18?,25-/m1/s1. The SMILES string of the molecule is CCOc1ccc(-c2ccc3cnc(CNC(=O)c4cc(F)c5c(c4)S(=O)(=O)[C@@H](F)CCO5)cc3n2)nc1C1CC1(F)F. The molecule has 0 radical (unpaired) electrons. The third-order valence-electron chi connectivity index (χ3n) is 7.17. The second-order valence-corrected chi connectivity index (χ2v) is 12.2. The molecule has 3 aromatic heterocycles. The molecular formula is C29H24F4N4O5S. The van der Waals surface area contributed by atoms with Gasteiger partial charge in [0.15, 0.2) is 11.6 Å². The van der Waals surface area contributed by atoms with E-state index in [1.165, 1.54) is 6.20 Å². The second kappa shape index (κ2) is 10.7. The Morgan fingerprint density at radius 2 is 1.88 bits per heavy atom. The van der Waals surface area contributed by atoms with Crippen LogP contribution in [0.5, 0.6) is 11.5 Å². The summed E-state index contributed by atoms with van der Waals surface area (Å²) in [6, 6.07) is 9.99. The van der Waals surface area contributed by atoms with E-state index < -0.39 is 56.0 Å². The number of amides is 1. The summed E-state index contributed by atoms with van der Waals surface area (Å²) >= 11 is 0. The fourth-order valence-corrected chi connectivity index (χ4v) is 6.20. The zero-order valence-electron chi connectivity index (χ0n) is 22.6. The van der Waals surface area contributed by atoms with Gasteiger partial charge in [-0.15, -0.1) is 0 Å². The summed E-state index contributed by atoms with van der Waals surface area (Å²) in [5, 5.41) is 3.21. The van der Waals surface area contributed by atoms with E-state index in [4.69, 9.17) is 9.47 Å². The summed E-state index contributed by atoms with van der Waals surface area (Å²) in [5.74, 6) is -6.08. The first-order valence-corrected chi connectivity index (χ1v) is 14.9. The Bertz CT molecular complexity index is 1870. The minimum atomic E-state index is -4.55. The summed E-state index contributed by atoms with van der Waals surface area (Å²) in [4.78, 5) is 25.5. The maximum atomic E-state index is 14.7. The summed E-state index contributed by atoms with van der Waals surface area (Å²) in [5.41, 5.74) is -0.772. The fourth-order valence-electron chi connectivity index (χ4n) is 4.81. The lowest BCUT2D eigenvalue weighted by Crippen LogP contribution is -2.24. The molecule has 1 amide bonds. The van der Waals surface area contributed by atoms with Gasteiger partial charge in [0.25, 0.3) is 11.8 Å². The highest BCUT2D eigenvalue weighted by atomic mass is 32.2. The van der Waals surface area contributed by atoms with Gasteiger partial charge >= 0.3 is 0 Å². The van der Waals surface area contributed by atoms with Crippen molar-refractivity contribution in [2.45, 2.75) is 48.5 Å². The number of hydrogen-bond acceptors (Lipinski definition) is 8. The van der Waals surface area contributed by atoms with Crippen LogP contribution in [-0.4, -0.2) is 53.9 Å². The van der Waals surface area contributed by atoms with E-state index in [2.05, 4.69) is 20.3 Å². The van der Waals surface area contributed by atoms with Gasteiger partial charge in [0.05, 0.1) is 54.0 Å². The van der Waals surface area contributed by atoms with Crippen LogP contribution in [0.25, 0.3) is 22.3 Å². The van der Waals surface area contributed by atoms with Crippen molar-refractivity contribution >= 4 is 26.6 Å². The summed E-state index contributed by atoms with van der Waals surface area (Å²) in [6.07, 6.45) is 0.768. The van der Waals surface area contributed by atoms with Crippen molar-refractivity contribution in [2.75, 3.05) is 13.2 Å². The Labute approximate surface area is 243 Å². The maximum absolute atomic E-state index is 14.7. The monoisotopic (exact) mass is 616 g/mol. The van der Waals surface area contributed by atoms with Gasteiger partial charge in [-0.3, -0.25) is 9.78 Å². The van der Waals surface area contributed by atoms with Crippen LogP contribution in [0.4, 0.5) is 17.6 Å². The van der Waals surface area contributed by atoms with Crippen molar-refractivity contribution < 1.29 is 40.2 Å². The number of sulfone groups is 1. The van der Waals surface area contributed by atoms with Crippen LogP contribution in [0, 0.1) is 5.82 Å². The van der Waals surface area contributed by atoms with Crippen LogP contribution in [0.1, 0.15) is 47.4 Å². The molecule has 2 aliphatic rings. The van der Waals surface area contributed by atoms with Crippen molar-refractivity contribution in [1.29, 1.82) is 0 Å². The molecule has 43 heavy (non-hydrogen) atoms. The number of fused-ring (bicyclic) bond motifs is 2. The minimum absolute atomic E-state index is 0.128. The number of hydrogen-bond donors (Lipinski definition) is 1. The molecule has 0 bridgehead atoms. The molecule has 0 saturated heterocycles. The van der Waals surface area contributed by atoms with Gasteiger partial charge in [-0.25, -0.2) is 35.9 Å². The van der Waals surface area contributed by atoms with E-state index >= 15 is 0 Å². The Morgan fingerprint density at radius 3 is 2.63 bits per heavy atom. The van der Waals surface area contributed by atoms with Gasteiger partial charge in [0.2, 0.25) is 15.3 Å². The highest BCUT2D eigenvalue weighted by Gasteiger charge is 2.59. The molecule has 4 heterocycles. The van der Waals surface area contributed by atoms with Crippen LogP contribution in [0.15, 0.2) is 53.6 Å². The van der Waals surface area contributed by atoms with Gasteiger partial charge < -0.3 is 14.8 Å². The van der Waals surface area contributed by atoms with E-state index in [0.29, 0.717) is 40.3 Å². The Kier molecular flexibility index (Phi) is 7.19. The topological polar surface area (TPSA) is 120 Å². The number of carbonyl (C=O) groups excluding carboxylic acids is 1. The lowest BCUT2D eigenvalue weighted by atomic mass is 10.1. The number of nitrogens with one attached hydrogen (secondary N) is 1. The van der Waals surface area contributed by atoms with E-state index in [1.807, 2.05) is 0 Å². The molecule has 1 aliphatic carbocycles. The first kappa shape index (κ1) is 28.8. The predicted octanol–water partition coefficient (Wildman–Crippen LogP) is 5.13. The lowest BCUT2D eigenvalue weighted by molar-refractivity contribution is 0.0949. The number of halogens is 4. The molecule has 0 spiro atoms. The predicted molar refractivity (Wildman–Crippen MR) is 146 cm³/mol. The molecule has 9 nitrogen and oxygen atoms in total. The Balaban J connectivity index is 1.23. The van der Waals surface area contributed by atoms with Crippen LogP contribution in [-0.2, 0) is 16.4 Å². The molecule has 1 fully saturated rings. The fraction of sp³-hybridized carbons (Fsp3) is 0.310. The number of nitrogens with zero attached hydrogens (tertiary/aromatic N) is 3. The number of rotatable bonds is 7. The summed E-state index contributed by atoms with van der Waals surface area (Å²) in [7, 11) is -4.55. The normalized spacial score (nSPS) is 20.0. The van der Waals surface area contributed by atoms with Gasteiger partial charge in [0.1, 0.15) is 10.6 Å². The smallest absolute Gasteiger partial charge is 0.257 e. The molecule has 2 atom stereocenters. The third-order valence-corrected chi connectivity index (χ3v) is 9.00. The van der Waals surface area contributed by atoms with Crippen molar-refractivity contribution in [3.05, 3.63) is 71.4 Å². The van der Waals surface area contributed by atoms with E-state index in [-0.39, 0.29) is 30.8 Å². The summed E-state index contributed by atoms with van der Waals surface area (Å²) in [6.45, 7) is 1.61. The Hall–Kier alpha value is -4.33. The average Bonchev–Trinajstić information content (AvgIpc) is 3.65. The second-order valence-electron chi connectivity index (χ2n) is 10.2. The summed E-state index contributed by atoms with van der Waals surface area (Å²) < 4.78 is 92.2. The van der Waals surface area contributed by atoms with Gasteiger partial charge in [0, 0.05) is 30.0 Å². The van der Waals surface area contributed by atoms with Crippen LogP contribution in [0.2, 0.25) is 0 Å². The maximum Gasteiger partial charge on any atom is 0.257 e. The highest BCUT2D eigenvalue weighted by Crippen LogP contribution is 2.57.